The van der Waals surface area contributed by atoms with E-state index in [1.165, 1.54) is 0 Å². The molecule has 27 heavy (non-hydrogen) atoms. The van der Waals surface area contributed by atoms with Gasteiger partial charge in [-0.2, -0.15) is 5.10 Å². The molecule has 0 spiro atoms. The number of nitrogens with one attached hydrogen (secondary N) is 1. The Balaban J connectivity index is 1.46. The van der Waals surface area contributed by atoms with Crippen molar-refractivity contribution >= 4 is 5.69 Å². The van der Waals surface area contributed by atoms with Gasteiger partial charge < -0.3 is 10.0 Å². The lowest BCUT2D eigenvalue weighted by Gasteiger charge is -2.29. The highest BCUT2D eigenvalue weighted by atomic mass is 16.3. The molecular formula is C20H22N6O. The molecule has 138 valence electrons. The maximum atomic E-state index is 9.98. The maximum Gasteiger partial charge on any atom is 0.124 e. The highest BCUT2D eigenvalue weighted by Crippen LogP contribution is 2.30. The molecule has 3 aromatic rings. The highest BCUT2D eigenvalue weighted by molar-refractivity contribution is 5.72. The summed E-state index contributed by atoms with van der Waals surface area (Å²) in [6, 6.07) is 16.9. The molecule has 7 nitrogen and oxygen atoms in total. The van der Waals surface area contributed by atoms with Gasteiger partial charge in [-0.1, -0.05) is 29.5 Å². The monoisotopic (exact) mass is 362 g/mol. The largest absolute Gasteiger partial charge is 0.507 e. The quantitative estimate of drug-likeness (QED) is 0.694. The predicted octanol–water partition coefficient (Wildman–Crippen LogP) is 3.70. The van der Waals surface area contributed by atoms with E-state index in [9.17, 15) is 5.11 Å². The summed E-state index contributed by atoms with van der Waals surface area (Å²) in [4.78, 5) is 2.29. The Labute approximate surface area is 157 Å². The SMILES string of the molecule is CN1CCN(N=Nc2ccc(-c3cc(-c4ccccc4O)[nH]n3)cc2)CC1. The number of aromatic hydroxyl groups is 1. The molecule has 0 bridgehead atoms. The fourth-order valence-electron chi connectivity index (χ4n) is 3.01. The minimum absolute atomic E-state index is 0.229. The second kappa shape index (κ2) is 7.59. The molecule has 2 N–H and O–H groups in total. The van der Waals surface area contributed by atoms with Crippen LogP contribution in [0.15, 0.2) is 64.9 Å². The molecule has 0 atom stereocenters. The van der Waals surface area contributed by atoms with Gasteiger partial charge in [-0.25, -0.2) is 0 Å². The van der Waals surface area contributed by atoms with Crippen LogP contribution in [0, 0.1) is 0 Å². The van der Waals surface area contributed by atoms with Gasteiger partial charge in [-0.3, -0.25) is 10.1 Å². The van der Waals surface area contributed by atoms with Crippen LogP contribution in [0.3, 0.4) is 0 Å². The van der Waals surface area contributed by atoms with Crippen molar-refractivity contribution in [3.63, 3.8) is 0 Å². The van der Waals surface area contributed by atoms with Crippen molar-refractivity contribution in [1.29, 1.82) is 0 Å². The van der Waals surface area contributed by atoms with Gasteiger partial charge in [0.05, 0.1) is 30.2 Å². The van der Waals surface area contributed by atoms with Gasteiger partial charge in [-0.05, 0) is 37.4 Å². The van der Waals surface area contributed by atoms with Crippen LogP contribution < -0.4 is 0 Å². The standard InChI is InChI=1S/C20H22N6O/c1-25-10-12-26(13-11-25)24-21-16-8-6-15(7-9-16)18-14-19(23-22-18)17-4-2-3-5-20(17)27/h2-9,14,27H,10-13H2,1H3,(H,22,23). The summed E-state index contributed by atoms with van der Waals surface area (Å²) in [5.41, 5.74) is 4.12. The van der Waals surface area contributed by atoms with Crippen LogP contribution in [0.25, 0.3) is 22.5 Å². The molecule has 0 radical (unpaired) electrons. The maximum absolute atomic E-state index is 9.98. The van der Waals surface area contributed by atoms with E-state index in [2.05, 4.69) is 32.5 Å². The van der Waals surface area contributed by atoms with E-state index < -0.39 is 0 Å². The van der Waals surface area contributed by atoms with E-state index in [4.69, 9.17) is 0 Å². The Morgan fingerprint density at radius 1 is 1.00 bits per heavy atom. The molecule has 0 unspecified atom stereocenters. The summed E-state index contributed by atoms with van der Waals surface area (Å²) >= 11 is 0. The van der Waals surface area contributed by atoms with Crippen LogP contribution in [0.5, 0.6) is 5.75 Å². The Hall–Kier alpha value is -3.19. The van der Waals surface area contributed by atoms with E-state index in [1.807, 2.05) is 47.5 Å². The van der Waals surface area contributed by atoms with Crippen LogP contribution in [0.1, 0.15) is 0 Å². The van der Waals surface area contributed by atoms with Gasteiger partial charge in [0.2, 0.25) is 0 Å². The molecule has 7 heteroatoms. The molecule has 4 rings (SSSR count). The summed E-state index contributed by atoms with van der Waals surface area (Å²) in [6.07, 6.45) is 0. The molecule has 1 aliphatic heterocycles. The molecular weight excluding hydrogens is 340 g/mol. The van der Waals surface area contributed by atoms with Crippen molar-refractivity contribution in [2.24, 2.45) is 10.3 Å². The molecule has 1 fully saturated rings. The van der Waals surface area contributed by atoms with Crippen molar-refractivity contribution in [2.75, 3.05) is 33.2 Å². The zero-order valence-corrected chi connectivity index (χ0v) is 15.2. The minimum atomic E-state index is 0.229. The van der Waals surface area contributed by atoms with Gasteiger partial charge in [0.25, 0.3) is 0 Å². The number of aromatic nitrogens is 2. The summed E-state index contributed by atoms with van der Waals surface area (Å²) in [5, 5.41) is 28.0. The second-order valence-electron chi connectivity index (χ2n) is 6.68. The Morgan fingerprint density at radius 3 is 2.48 bits per heavy atom. The molecule has 2 aromatic carbocycles. The van der Waals surface area contributed by atoms with E-state index in [-0.39, 0.29) is 5.75 Å². The van der Waals surface area contributed by atoms with Gasteiger partial charge in [0, 0.05) is 24.2 Å². The fourth-order valence-corrected chi connectivity index (χ4v) is 3.01. The van der Waals surface area contributed by atoms with E-state index in [0.29, 0.717) is 0 Å². The lowest BCUT2D eigenvalue weighted by Crippen LogP contribution is -2.41. The molecule has 2 heterocycles. The third-order valence-corrected chi connectivity index (χ3v) is 4.70. The van der Waals surface area contributed by atoms with Crippen LogP contribution >= 0.6 is 0 Å². The Kier molecular flexibility index (Phi) is 4.84. The number of benzene rings is 2. The number of aromatic amines is 1. The molecule has 1 aliphatic rings. The molecule has 0 aliphatic carbocycles. The summed E-state index contributed by atoms with van der Waals surface area (Å²) in [6.45, 7) is 3.83. The fraction of sp³-hybridized carbons (Fsp3) is 0.250. The predicted molar refractivity (Wildman–Crippen MR) is 105 cm³/mol. The first-order valence-corrected chi connectivity index (χ1v) is 8.98. The molecule has 0 amide bonds. The van der Waals surface area contributed by atoms with Crippen molar-refractivity contribution in [2.45, 2.75) is 0 Å². The lowest BCUT2D eigenvalue weighted by atomic mass is 10.1. The molecule has 1 saturated heterocycles. The Bertz CT molecular complexity index is 926. The first kappa shape index (κ1) is 17.2. The number of H-pyrrole nitrogens is 1. The van der Waals surface area contributed by atoms with Crippen molar-refractivity contribution < 1.29 is 5.11 Å². The third-order valence-electron chi connectivity index (χ3n) is 4.70. The average molecular weight is 362 g/mol. The van der Waals surface area contributed by atoms with Crippen LogP contribution in [-0.4, -0.2) is 58.4 Å². The van der Waals surface area contributed by atoms with Gasteiger partial charge >= 0.3 is 0 Å². The average Bonchev–Trinajstić information content (AvgIpc) is 3.18. The van der Waals surface area contributed by atoms with Gasteiger partial charge in [0.15, 0.2) is 0 Å². The van der Waals surface area contributed by atoms with Crippen molar-refractivity contribution in [1.82, 2.24) is 20.1 Å². The third kappa shape index (κ3) is 3.98. The smallest absolute Gasteiger partial charge is 0.124 e. The normalized spacial score (nSPS) is 15.5. The zero-order valence-electron chi connectivity index (χ0n) is 15.2. The number of hydrogen-bond acceptors (Lipinski definition) is 5. The number of piperazine rings is 1. The van der Waals surface area contributed by atoms with E-state index in [1.54, 1.807) is 12.1 Å². The number of hydrogen-bond donors (Lipinski definition) is 2. The summed E-state index contributed by atoms with van der Waals surface area (Å²) in [7, 11) is 2.12. The molecule has 0 saturated carbocycles. The van der Waals surface area contributed by atoms with Gasteiger partial charge in [-0.15, -0.1) is 5.11 Å². The van der Waals surface area contributed by atoms with Crippen LogP contribution in [-0.2, 0) is 0 Å². The highest BCUT2D eigenvalue weighted by Gasteiger charge is 2.12. The molecule has 1 aromatic heterocycles. The summed E-state index contributed by atoms with van der Waals surface area (Å²) < 4.78 is 0. The first-order chi connectivity index (χ1) is 13.2. The number of para-hydroxylation sites is 1. The lowest BCUT2D eigenvalue weighted by molar-refractivity contribution is 0.150. The second-order valence-corrected chi connectivity index (χ2v) is 6.68. The van der Waals surface area contributed by atoms with E-state index >= 15 is 0 Å². The van der Waals surface area contributed by atoms with Crippen molar-refractivity contribution in [3.05, 3.63) is 54.6 Å². The number of phenolic OH excluding ortho intramolecular Hbond substituents is 1. The number of nitrogens with zero attached hydrogens (tertiary/aromatic N) is 5. The van der Waals surface area contributed by atoms with Gasteiger partial charge in [0.1, 0.15) is 5.75 Å². The first-order valence-electron chi connectivity index (χ1n) is 8.98. The Morgan fingerprint density at radius 2 is 1.74 bits per heavy atom. The van der Waals surface area contributed by atoms with Crippen LogP contribution in [0.2, 0.25) is 0 Å². The van der Waals surface area contributed by atoms with Crippen molar-refractivity contribution in [3.8, 4) is 28.3 Å². The number of rotatable bonds is 4. The van der Waals surface area contributed by atoms with Crippen LogP contribution in [0.4, 0.5) is 5.69 Å². The topological polar surface area (TPSA) is 80.1 Å². The number of phenols is 1. The number of likely N-dealkylation sites (N-methyl/N-ethyl adjacent to an activating group) is 1. The van der Waals surface area contributed by atoms with E-state index in [0.717, 1.165) is 54.4 Å². The zero-order chi connectivity index (χ0) is 18.6. The summed E-state index contributed by atoms with van der Waals surface area (Å²) in [5.74, 6) is 0.229. The minimum Gasteiger partial charge on any atom is -0.507 e.